The van der Waals surface area contributed by atoms with Crippen LogP contribution in [0.15, 0.2) is 52.8 Å². The molecule has 0 amide bonds. The fraction of sp³-hybridized carbons (Fsp3) is 0.250. The molecule has 1 heterocycles. The number of nitrogens with zero attached hydrogens (tertiary/aromatic N) is 1. The molecular weight excluding hydrogens is 334 g/mol. The predicted octanol–water partition coefficient (Wildman–Crippen LogP) is 4.71. The minimum absolute atomic E-state index is 0.871. The molecule has 0 fully saturated rings. The molecule has 0 aliphatic heterocycles. The normalized spacial score (nSPS) is 10.8. The molecular formula is C16H18BrNOS. The third-order valence-corrected chi connectivity index (χ3v) is 4.92. The number of benzene rings is 1. The van der Waals surface area contributed by atoms with Crippen LogP contribution in [0.25, 0.3) is 0 Å². The minimum Gasteiger partial charge on any atom is -0.497 e. The van der Waals surface area contributed by atoms with Crippen molar-refractivity contribution in [3.8, 4) is 5.75 Å². The SMILES string of the molecule is C=CCN(Cc1ccc(OC)cc1)Cc1sccc1Br. The van der Waals surface area contributed by atoms with E-state index in [1.54, 1.807) is 18.4 Å². The van der Waals surface area contributed by atoms with Crippen molar-refractivity contribution in [3.05, 3.63) is 63.3 Å². The highest BCUT2D eigenvalue weighted by Crippen LogP contribution is 2.25. The van der Waals surface area contributed by atoms with E-state index in [-0.39, 0.29) is 0 Å². The predicted molar refractivity (Wildman–Crippen MR) is 89.3 cm³/mol. The van der Waals surface area contributed by atoms with Gasteiger partial charge in [-0.2, -0.15) is 0 Å². The van der Waals surface area contributed by atoms with Gasteiger partial charge in [0.05, 0.1) is 7.11 Å². The summed E-state index contributed by atoms with van der Waals surface area (Å²) in [5.74, 6) is 0.894. The van der Waals surface area contributed by atoms with Crippen molar-refractivity contribution in [2.75, 3.05) is 13.7 Å². The van der Waals surface area contributed by atoms with Gasteiger partial charge in [-0.3, -0.25) is 4.90 Å². The lowest BCUT2D eigenvalue weighted by Gasteiger charge is -2.20. The molecule has 0 spiro atoms. The zero-order valence-corrected chi connectivity index (χ0v) is 13.9. The van der Waals surface area contributed by atoms with Gasteiger partial charge in [0, 0.05) is 29.0 Å². The van der Waals surface area contributed by atoms with E-state index in [4.69, 9.17) is 4.74 Å². The lowest BCUT2D eigenvalue weighted by Crippen LogP contribution is -2.22. The Balaban J connectivity index is 2.04. The quantitative estimate of drug-likeness (QED) is 0.670. The molecule has 0 saturated heterocycles. The van der Waals surface area contributed by atoms with Gasteiger partial charge in [0.15, 0.2) is 0 Å². The Hall–Kier alpha value is -1.10. The minimum atomic E-state index is 0.871. The molecule has 1 aromatic heterocycles. The Morgan fingerprint density at radius 3 is 2.55 bits per heavy atom. The van der Waals surface area contributed by atoms with E-state index in [0.717, 1.165) is 25.4 Å². The highest BCUT2D eigenvalue weighted by atomic mass is 79.9. The maximum atomic E-state index is 5.19. The van der Waals surface area contributed by atoms with E-state index in [2.05, 4.69) is 51.0 Å². The molecule has 0 aliphatic carbocycles. The molecule has 20 heavy (non-hydrogen) atoms. The van der Waals surface area contributed by atoms with Crippen LogP contribution in [-0.2, 0) is 13.1 Å². The summed E-state index contributed by atoms with van der Waals surface area (Å²) in [6.07, 6.45) is 1.95. The summed E-state index contributed by atoms with van der Waals surface area (Å²) in [6.45, 7) is 6.55. The first-order chi connectivity index (χ1) is 9.72. The Morgan fingerprint density at radius 2 is 2.00 bits per heavy atom. The number of halogens is 1. The Morgan fingerprint density at radius 1 is 1.25 bits per heavy atom. The summed E-state index contributed by atoms with van der Waals surface area (Å²) >= 11 is 5.37. The van der Waals surface area contributed by atoms with Crippen LogP contribution in [0.5, 0.6) is 5.75 Å². The van der Waals surface area contributed by atoms with Crippen molar-refractivity contribution >= 4 is 27.3 Å². The summed E-state index contributed by atoms with van der Waals surface area (Å²) in [5.41, 5.74) is 1.28. The van der Waals surface area contributed by atoms with Crippen LogP contribution < -0.4 is 4.74 Å². The average Bonchev–Trinajstić information content (AvgIpc) is 2.85. The number of rotatable bonds is 7. The molecule has 0 saturated carbocycles. The van der Waals surface area contributed by atoms with E-state index in [1.165, 1.54) is 14.9 Å². The lowest BCUT2D eigenvalue weighted by molar-refractivity contribution is 0.288. The monoisotopic (exact) mass is 351 g/mol. The van der Waals surface area contributed by atoms with Crippen molar-refractivity contribution < 1.29 is 4.74 Å². The third-order valence-electron chi connectivity index (χ3n) is 3.01. The second kappa shape index (κ2) is 7.62. The molecule has 0 N–H and O–H groups in total. The zero-order valence-electron chi connectivity index (χ0n) is 11.5. The third kappa shape index (κ3) is 4.20. The summed E-state index contributed by atoms with van der Waals surface area (Å²) in [7, 11) is 1.69. The van der Waals surface area contributed by atoms with Gasteiger partial charge in [-0.1, -0.05) is 18.2 Å². The fourth-order valence-electron chi connectivity index (χ4n) is 2.00. The van der Waals surface area contributed by atoms with Crippen molar-refractivity contribution in [2.24, 2.45) is 0 Å². The van der Waals surface area contributed by atoms with Crippen LogP contribution in [0, 0.1) is 0 Å². The highest BCUT2D eigenvalue weighted by Gasteiger charge is 2.09. The first-order valence-electron chi connectivity index (χ1n) is 6.41. The van der Waals surface area contributed by atoms with Gasteiger partial charge in [-0.05, 0) is 45.1 Å². The first kappa shape index (κ1) is 15.3. The largest absolute Gasteiger partial charge is 0.497 e. The molecule has 0 bridgehead atoms. The molecule has 0 atom stereocenters. The molecule has 0 aliphatic rings. The maximum absolute atomic E-state index is 5.19. The second-order valence-electron chi connectivity index (χ2n) is 4.50. The van der Waals surface area contributed by atoms with Crippen molar-refractivity contribution in [1.29, 1.82) is 0 Å². The number of ether oxygens (including phenoxy) is 1. The molecule has 2 nitrogen and oxygen atoms in total. The summed E-state index contributed by atoms with van der Waals surface area (Å²) < 4.78 is 6.37. The Kier molecular flexibility index (Phi) is 5.83. The van der Waals surface area contributed by atoms with Crippen molar-refractivity contribution in [3.63, 3.8) is 0 Å². The number of thiophene rings is 1. The molecule has 0 unspecified atom stereocenters. The topological polar surface area (TPSA) is 12.5 Å². The van der Waals surface area contributed by atoms with Crippen LogP contribution in [0.2, 0.25) is 0 Å². The average molecular weight is 352 g/mol. The smallest absolute Gasteiger partial charge is 0.118 e. The maximum Gasteiger partial charge on any atom is 0.118 e. The van der Waals surface area contributed by atoms with Gasteiger partial charge in [-0.15, -0.1) is 17.9 Å². The summed E-state index contributed by atoms with van der Waals surface area (Å²) in [4.78, 5) is 3.71. The summed E-state index contributed by atoms with van der Waals surface area (Å²) in [6, 6.07) is 10.3. The van der Waals surface area contributed by atoms with Gasteiger partial charge in [-0.25, -0.2) is 0 Å². The van der Waals surface area contributed by atoms with Crippen molar-refractivity contribution in [2.45, 2.75) is 13.1 Å². The van der Waals surface area contributed by atoms with Crippen LogP contribution in [-0.4, -0.2) is 18.6 Å². The van der Waals surface area contributed by atoms with Gasteiger partial charge in [0.25, 0.3) is 0 Å². The number of methoxy groups -OCH3 is 1. The van der Waals surface area contributed by atoms with Gasteiger partial charge in [0.2, 0.25) is 0 Å². The zero-order chi connectivity index (χ0) is 14.4. The fourth-order valence-corrected chi connectivity index (χ4v) is 3.52. The van der Waals surface area contributed by atoms with Crippen LogP contribution >= 0.6 is 27.3 Å². The first-order valence-corrected chi connectivity index (χ1v) is 8.08. The van der Waals surface area contributed by atoms with E-state index in [9.17, 15) is 0 Å². The van der Waals surface area contributed by atoms with E-state index in [0.29, 0.717) is 0 Å². The second-order valence-corrected chi connectivity index (χ2v) is 6.35. The van der Waals surface area contributed by atoms with E-state index < -0.39 is 0 Å². The molecule has 4 heteroatoms. The Bertz CT molecular complexity index is 550. The van der Waals surface area contributed by atoms with Crippen molar-refractivity contribution in [1.82, 2.24) is 4.90 Å². The Labute approximate surface area is 132 Å². The molecule has 2 aromatic rings. The van der Waals surface area contributed by atoms with Gasteiger partial charge >= 0.3 is 0 Å². The van der Waals surface area contributed by atoms with Gasteiger partial charge in [0.1, 0.15) is 5.75 Å². The molecule has 1 aromatic carbocycles. The molecule has 106 valence electrons. The van der Waals surface area contributed by atoms with E-state index >= 15 is 0 Å². The van der Waals surface area contributed by atoms with Gasteiger partial charge < -0.3 is 4.74 Å². The number of hydrogen-bond donors (Lipinski definition) is 0. The standard InChI is InChI=1S/C16H18BrNOS/c1-3-9-18(12-16-15(17)8-10-20-16)11-13-4-6-14(19-2)7-5-13/h3-8,10H,1,9,11-12H2,2H3. The lowest BCUT2D eigenvalue weighted by atomic mass is 10.2. The van der Waals surface area contributed by atoms with Crippen LogP contribution in [0.3, 0.4) is 0 Å². The summed E-state index contributed by atoms with van der Waals surface area (Å²) in [5, 5.41) is 2.11. The highest BCUT2D eigenvalue weighted by molar-refractivity contribution is 9.10. The van der Waals surface area contributed by atoms with Crippen LogP contribution in [0.1, 0.15) is 10.4 Å². The van der Waals surface area contributed by atoms with E-state index in [1.807, 2.05) is 18.2 Å². The molecule has 0 radical (unpaired) electrons. The molecule has 2 rings (SSSR count). The number of hydrogen-bond acceptors (Lipinski definition) is 3. The van der Waals surface area contributed by atoms with Crippen LogP contribution in [0.4, 0.5) is 0 Å².